The largest absolute Gasteiger partial charge is 0.467 e. The number of ether oxygens (including phenoxy) is 2. The second kappa shape index (κ2) is 3.98. The first-order valence-electron chi connectivity index (χ1n) is 4.79. The van der Waals surface area contributed by atoms with Crippen molar-refractivity contribution < 1.29 is 9.47 Å². The Morgan fingerprint density at radius 2 is 2.29 bits per heavy atom. The van der Waals surface area contributed by atoms with Crippen LogP contribution in [0.15, 0.2) is 12.1 Å². The average Bonchev–Trinajstić information content (AvgIpc) is 2.18. The Hall–Kier alpha value is -1.06. The van der Waals surface area contributed by atoms with E-state index < -0.39 is 0 Å². The van der Waals surface area contributed by atoms with Gasteiger partial charge in [0.05, 0.1) is 6.61 Å². The Kier molecular flexibility index (Phi) is 2.70. The third-order valence-corrected chi connectivity index (χ3v) is 2.30. The van der Waals surface area contributed by atoms with Crippen LogP contribution in [0.3, 0.4) is 0 Å². The first-order valence-corrected chi connectivity index (χ1v) is 4.79. The Labute approximate surface area is 84.0 Å². The van der Waals surface area contributed by atoms with E-state index in [9.17, 15) is 0 Å². The highest BCUT2D eigenvalue weighted by molar-refractivity contribution is 5.44. The van der Waals surface area contributed by atoms with E-state index in [0.717, 1.165) is 17.9 Å². The number of benzene rings is 1. The van der Waals surface area contributed by atoms with Gasteiger partial charge in [-0.25, -0.2) is 0 Å². The van der Waals surface area contributed by atoms with Crippen molar-refractivity contribution in [2.45, 2.75) is 20.1 Å². The van der Waals surface area contributed by atoms with Crippen molar-refractivity contribution in [1.82, 2.24) is 5.32 Å². The molecule has 0 atom stereocenters. The zero-order chi connectivity index (χ0) is 9.97. The van der Waals surface area contributed by atoms with Gasteiger partial charge in [0.2, 0.25) is 0 Å². The van der Waals surface area contributed by atoms with Crippen molar-refractivity contribution in [2.75, 3.05) is 13.8 Å². The molecular weight excluding hydrogens is 178 g/mol. The molecule has 0 amide bonds. The van der Waals surface area contributed by atoms with Crippen molar-refractivity contribution in [3.8, 4) is 5.75 Å². The molecule has 2 rings (SSSR count). The quantitative estimate of drug-likeness (QED) is 0.773. The fourth-order valence-electron chi connectivity index (χ4n) is 1.80. The van der Waals surface area contributed by atoms with E-state index in [0.29, 0.717) is 13.4 Å². The summed E-state index contributed by atoms with van der Waals surface area (Å²) < 4.78 is 10.7. The van der Waals surface area contributed by atoms with Crippen LogP contribution in [0.25, 0.3) is 0 Å². The molecule has 3 nitrogen and oxygen atoms in total. The Balaban J connectivity index is 2.41. The lowest BCUT2D eigenvalue weighted by atomic mass is 10.0. The number of aryl methyl sites for hydroxylation is 1. The summed E-state index contributed by atoms with van der Waals surface area (Å²) in [7, 11) is 1.94. The predicted octanol–water partition coefficient (Wildman–Crippen LogP) is 1.58. The summed E-state index contributed by atoms with van der Waals surface area (Å²) in [5.41, 5.74) is 3.62. The number of hydrogen-bond acceptors (Lipinski definition) is 3. The monoisotopic (exact) mass is 193 g/mol. The van der Waals surface area contributed by atoms with Crippen LogP contribution < -0.4 is 10.1 Å². The molecule has 0 aromatic heterocycles. The molecule has 0 bridgehead atoms. The molecule has 3 heteroatoms. The summed E-state index contributed by atoms with van der Waals surface area (Å²) >= 11 is 0. The van der Waals surface area contributed by atoms with E-state index in [4.69, 9.17) is 9.47 Å². The Bertz CT molecular complexity index is 336. The topological polar surface area (TPSA) is 30.5 Å². The maximum absolute atomic E-state index is 5.50. The van der Waals surface area contributed by atoms with E-state index in [1.807, 2.05) is 7.05 Å². The van der Waals surface area contributed by atoms with Crippen LogP contribution in [0.4, 0.5) is 0 Å². The minimum absolute atomic E-state index is 0.368. The third-order valence-electron chi connectivity index (χ3n) is 2.30. The van der Waals surface area contributed by atoms with Crippen LogP contribution in [0.2, 0.25) is 0 Å². The predicted molar refractivity (Wildman–Crippen MR) is 54.2 cm³/mol. The highest BCUT2D eigenvalue weighted by atomic mass is 16.7. The van der Waals surface area contributed by atoms with Crippen LogP contribution in [0.1, 0.15) is 16.7 Å². The van der Waals surface area contributed by atoms with Crippen LogP contribution in [-0.4, -0.2) is 13.8 Å². The molecule has 0 saturated carbocycles. The van der Waals surface area contributed by atoms with E-state index in [2.05, 4.69) is 24.4 Å². The van der Waals surface area contributed by atoms with Gasteiger partial charge in [0.25, 0.3) is 0 Å². The smallest absolute Gasteiger partial charge is 0.189 e. The van der Waals surface area contributed by atoms with Crippen molar-refractivity contribution >= 4 is 0 Å². The normalized spacial score (nSPS) is 14.7. The molecule has 1 aromatic carbocycles. The van der Waals surface area contributed by atoms with Gasteiger partial charge in [0.1, 0.15) is 5.75 Å². The molecule has 0 unspecified atom stereocenters. The van der Waals surface area contributed by atoms with Gasteiger partial charge < -0.3 is 14.8 Å². The summed E-state index contributed by atoms with van der Waals surface area (Å²) in [6.45, 7) is 3.96. The number of nitrogens with one attached hydrogen (secondary N) is 1. The van der Waals surface area contributed by atoms with Gasteiger partial charge >= 0.3 is 0 Å². The average molecular weight is 193 g/mol. The van der Waals surface area contributed by atoms with Gasteiger partial charge in [-0.1, -0.05) is 17.7 Å². The fraction of sp³-hybridized carbons (Fsp3) is 0.455. The Morgan fingerprint density at radius 1 is 1.43 bits per heavy atom. The van der Waals surface area contributed by atoms with Crippen LogP contribution >= 0.6 is 0 Å². The highest BCUT2D eigenvalue weighted by Gasteiger charge is 2.14. The third kappa shape index (κ3) is 1.74. The van der Waals surface area contributed by atoms with Gasteiger partial charge in [-0.05, 0) is 14.0 Å². The van der Waals surface area contributed by atoms with E-state index in [-0.39, 0.29) is 0 Å². The highest BCUT2D eigenvalue weighted by Crippen LogP contribution is 2.29. The lowest BCUT2D eigenvalue weighted by molar-refractivity contribution is -0.0171. The second-order valence-corrected chi connectivity index (χ2v) is 3.55. The molecule has 0 spiro atoms. The molecule has 1 aliphatic heterocycles. The van der Waals surface area contributed by atoms with Crippen LogP contribution in [-0.2, 0) is 17.9 Å². The molecule has 1 heterocycles. The van der Waals surface area contributed by atoms with Gasteiger partial charge in [-0.2, -0.15) is 0 Å². The number of hydrogen-bond donors (Lipinski definition) is 1. The summed E-state index contributed by atoms with van der Waals surface area (Å²) in [4.78, 5) is 0. The fourth-order valence-corrected chi connectivity index (χ4v) is 1.80. The Morgan fingerprint density at radius 3 is 3.07 bits per heavy atom. The molecule has 0 saturated heterocycles. The van der Waals surface area contributed by atoms with E-state index in [1.165, 1.54) is 11.1 Å². The first-order chi connectivity index (χ1) is 6.81. The van der Waals surface area contributed by atoms with E-state index >= 15 is 0 Å². The molecule has 1 aliphatic rings. The van der Waals surface area contributed by atoms with Crippen molar-refractivity contribution in [3.63, 3.8) is 0 Å². The zero-order valence-corrected chi connectivity index (χ0v) is 8.59. The molecular formula is C11H15NO2. The van der Waals surface area contributed by atoms with Crippen LogP contribution in [0.5, 0.6) is 5.75 Å². The lowest BCUT2D eigenvalue weighted by Crippen LogP contribution is -2.15. The first kappa shape index (κ1) is 9.49. The molecule has 14 heavy (non-hydrogen) atoms. The second-order valence-electron chi connectivity index (χ2n) is 3.55. The standard InChI is InChI=1S/C11H15NO2/c1-8-3-9(5-12-2)11-10(4-8)6-13-7-14-11/h3-4,12H,5-7H2,1-2H3. The number of rotatable bonds is 2. The minimum atomic E-state index is 0.368. The molecule has 1 N–H and O–H groups in total. The van der Waals surface area contributed by atoms with Gasteiger partial charge in [0.15, 0.2) is 6.79 Å². The molecule has 76 valence electrons. The van der Waals surface area contributed by atoms with Gasteiger partial charge in [-0.15, -0.1) is 0 Å². The lowest BCUT2D eigenvalue weighted by Gasteiger charge is -2.21. The number of fused-ring (bicyclic) bond motifs is 1. The van der Waals surface area contributed by atoms with Crippen LogP contribution in [0, 0.1) is 6.92 Å². The summed E-state index contributed by atoms with van der Waals surface area (Å²) in [6, 6.07) is 4.27. The van der Waals surface area contributed by atoms with Crippen molar-refractivity contribution in [1.29, 1.82) is 0 Å². The summed E-state index contributed by atoms with van der Waals surface area (Å²) in [5, 5.41) is 3.14. The van der Waals surface area contributed by atoms with E-state index in [1.54, 1.807) is 0 Å². The summed E-state index contributed by atoms with van der Waals surface area (Å²) in [5.74, 6) is 0.996. The van der Waals surface area contributed by atoms with Gasteiger partial charge in [-0.3, -0.25) is 0 Å². The van der Waals surface area contributed by atoms with Crippen molar-refractivity contribution in [3.05, 3.63) is 28.8 Å². The van der Waals surface area contributed by atoms with Crippen molar-refractivity contribution in [2.24, 2.45) is 0 Å². The maximum atomic E-state index is 5.50. The molecule has 0 aliphatic carbocycles. The zero-order valence-electron chi connectivity index (χ0n) is 8.59. The summed E-state index contributed by atoms with van der Waals surface area (Å²) in [6.07, 6.45) is 0. The molecule has 0 fully saturated rings. The molecule has 1 aromatic rings. The SMILES string of the molecule is CNCc1cc(C)cc2c1OCOC2. The van der Waals surface area contributed by atoms with Gasteiger partial charge in [0, 0.05) is 17.7 Å². The maximum Gasteiger partial charge on any atom is 0.189 e. The minimum Gasteiger partial charge on any atom is -0.467 e. The molecule has 0 radical (unpaired) electrons.